The predicted molar refractivity (Wildman–Crippen MR) is 122 cm³/mol. The van der Waals surface area contributed by atoms with Crippen LogP contribution in [0.15, 0.2) is 84.9 Å². The number of nitrogens with one attached hydrogen (secondary N) is 2. The molecule has 5 heteroatoms. The summed E-state index contributed by atoms with van der Waals surface area (Å²) in [6.45, 7) is 4.19. The van der Waals surface area contributed by atoms with Crippen molar-refractivity contribution in [1.82, 2.24) is 10.6 Å². The van der Waals surface area contributed by atoms with E-state index < -0.39 is 0 Å². The van der Waals surface area contributed by atoms with Gasteiger partial charge in [-0.25, -0.2) is 0 Å². The average molecular weight is 417 g/mol. The minimum atomic E-state index is -0.338. The molecule has 0 saturated heterocycles. The van der Waals surface area contributed by atoms with Gasteiger partial charge in [0.05, 0.1) is 18.7 Å². The van der Waals surface area contributed by atoms with Crippen molar-refractivity contribution in [3.63, 3.8) is 0 Å². The molecular formula is C26H28N2O3. The van der Waals surface area contributed by atoms with Crippen molar-refractivity contribution >= 4 is 11.8 Å². The molecule has 2 N–H and O–H groups in total. The summed E-state index contributed by atoms with van der Waals surface area (Å²) >= 11 is 0. The molecule has 0 heterocycles. The Kier molecular flexibility index (Phi) is 7.82. The van der Waals surface area contributed by atoms with Crippen molar-refractivity contribution in [2.24, 2.45) is 0 Å². The van der Waals surface area contributed by atoms with Crippen LogP contribution in [0, 0.1) is 0 Å². The van der Waals surface area contributed by atoms with E-state index >= 15 is 0 Å². The molecule has 0 bridgehead atoms. The molecule has 0 radical (unpaired) electrons. The number of carbonyl (C=O) groups is 2. The summed E-state index contributed by atoms with van der Waals surface area (Å²) in [4.78, 5) is 25.1. The number of ether oxygens (including phenoxy) is 1. The van der Waals surface area contributed by atoms with Crippen LogP contribution < -0.4 is 15.4 Å². The Hall–Kier alpha value is -3.60. The third kappa shape index (κ3) is 5.95. The molecule has 0 spiro atoms. The van der Waals surface area contributed by atoms with E-state index in [0.29, 0.717) is 17.9 Å². The lowest BCUT2D eigenvalue weighted by Crippen LogP contribution is -2.43. The van der Waals surface area contributed by atoms with Gasteiger partial charge in [-0.05, 0) is 37.1 Å². The Morgan fingerprint density at radius 2 is 1.39 bits per heavy atom. The van der Waals surface area contributed by atoms with E-state index in [1.807, 2.05) is 56.3 Å². The summed E-state index contributed by atoms with van der Waals surface area (Å²) in [5.74, 6) is -0.0775. The van der Waals surface area contributed by atoms with Gasteiger partial charge in [-0.15, -0.1) is 0 Å². The van der Waals surface area contributed by atoms with E-state index in [-0.39, 0.29) is 30.3 Å². The van der Waals surface area contributed by atoms with E-state index in [1.165, 1.54) is 0 Å². The normalized spacial score (nSPS) is 11.6. The van der Waals surface area contributed by atoms with Crippen LogP contribution in [0.3, 0.4) is 0 Å². The molecule has 1 unspecified atom stereocenters. The first-order valence-electron chi connectivity index (χ1n) is 10.5. The monoisotopic (exact) mass is 416 g/mol. The van der Waals surface area contributed by atoms with Crippen molar-refractivity contribution in [2.45, 2.75) is 25.8 Å². The van der Waals surface area contributed by atoms with Crippen molar-refractivity contribution < 1.29 is 14.3 Å². The van der Waals surface area contributed by atoms with Gasteiger partial charge < -0.3 is 15.4 Å². The van der Waals surface area contributed by atoms with E-state index in [4.69, 9.17) is 4.74 Å². The van der Waals surface area contributed by atoms with Crippen molar-refractivity contribution in [2.75, 3.05) is 13.2 Å². The molecule has 31 heavy (non-hydrogen) atoms. The maximum absolute atomic E-state index is 12.6. The molecule has 3 rings (SSSR count). The van der Waals surface area contributed by atoms with Gasteiger partial charge in [0.2, 0.25) is 5.91 Å². The van der Waals surface area contributed by atoms with E-state index in [1.54, 1.807) is 18.2 Å². The first-order valence-corrected chi connectivity index (χ1v) is 10.5. The SMILES string of the molecule is CCOc1ccccc1C(=O)NCC(=O)NC(C)C(c1ccccc1)c1ccccc1. The Bertz CT molecular complexity index is 950. The molecule has 3 aromatic rings. The summed E-state index contributed by atoms with van der Waals surface area (Å²) in [5, 5.41) is 5.73. The van der Waals surface area contributed by atoms with Gasteiger partial charge in [-0.2, -0.15) is 0 Å². The number of hydrogen-bond donors (Lipinski definition) is 2. The zero-order valence-corrected chi connectivity index (χ0v) is 17.9. The Balaban J connectivity index is 1.65. The fourth-order valence-corrected chi connectivity index (χ4v) is 3.67. The second-order valence-electron chi connectivity index (χ2n) is 7.27. The third-order valence-corrected chi connectivity index (χ3v) is 5.05. The molecule has 5 nitrogen and oxygen atoms in total. The highest BCUT2D eigenvalue weighted by atomic mass is 16.5. The third-order valence-electron chi connectivity index (χ3n) is 5.05. The Labute approximate surface area is 183 Å². The van der Waals surface area contributed by atoms with Gasteiger partial charge in [0.1, 0.15) is 5.75 Å². The number of amides is 2. The maximum Gasteiger partial charge on any atom is 0.255 e. The Morgan fingerprint density at radius 1 is 0.839 bits per heavy atom. The molecule has 0 aromatic heterocycles. The number of rotatable bonds is 9. The van der Waals surface area contributed by atoms with Crippen molar-refractivity contribution in [1.29, 1.82) is 0 Å². The van der Waals surface area contributed by atoms with Gasteiger partial charge in [-0.1, -0.05) is 72.8 Å². The minimum absolute atomic E-state index is 0.000678. The van der Waals surface area contributed by atoms with Gasteiger partial charge in [0.25, 0.3) is 5.91 Å². The summed E-state index contributed by atoms with van der Waals surface area (Å²) in [7, 11) is 0. The zero-order chi connectivity index (χ0) is 22.1. The van der Waals surface area contributed by atoms with Crippen LogP contribution in [-0.4, -0.2) is 31.0 Å². The van der Waals surface area contributed by atoms with Crippen molar-refractivity contribution in [3.8, 4) is 5.75 Å². The summed E-state index contributed by atoms with van der Waals surface area (Å²) in [6.07, 6.45) is 0. The van der Waals surface area contributed by atoms with Crippen LogP contribution in [0.4, 0.5) is 0 Å². The maximum atomic E-state index is 12.6. The quantitative estimate of drug-likeness (QED) is 0.551. The number of benzene rings is 3. The number of carbonyl (C=O) groups excluding carboxylic acids is 2. The molecule has 0 fully saturated rings. The van der Waals surface area contributed by atoms with Crippen LogP contribution in [-0.2, 0) is 4.79 Å². The largest absolute Gasteiger partial charge is 0.493 e. The highest BCUT2D eigenvalue weighted by molar-refractivity contribution is 5.98. The molecule has 1 atom stereocenters. The van der Waals surface area contributed by atoms with E-state index in [0.717, 1.165) is 11.1 Å². The lowest BCUT2D eigenvalue weighted by molar-refractivity contribution is -0.120. The van der Waals surface area contributed by atoms with Crippen LogP contribution in [0.1, 0.15) is 41.3 Å². The topological polar surface area (TPSA) is 67.4 Å². The zero-order valence-electron chi connectivity index (χ0n) is 17.9. The first kappa shape index (κ1) is 22.1. The number of hydrogen-bond acceptors (Lipinski definition) is 3. The second kappa shape index (κ2) is 11.0. The minimum Gasteiger partial charge on any atom is -0.493 e. The van der Waals surface area contributed by atoms with Crippen LogP contribution in [0.25, 0.3) is 0 Å². The molecule has 2 amide bonds. The van der Waals surface area contributed by atoms with E-state index in [9.17, 15) is 9.59 Å². The van der Waals surface area contributed by atoms with Crippen molar-refractivity contribution in [3.05, 3.63) is 102 Å². The summed E-state index contributed by atoms with van der Waals surface area (Å²) in [5.41, 5.74) is 2.66. The fraction of sp³-hybridized carbons (Fsp3) is 0.231. The lowest BCUT2D eigenvalue weighted by atomic mass is 9.86. The van der Waals surface area contributed by atoms with Crippen LogP contribution in [0.2, 0.25) is 0 Å². The second-order valence-corrected chi connectivity index (χ2v) is 7.27. The molecule has 0 aliphatic carbocycles. The molecule has 0 saturated carbocycles. The average Bonchev–Trinajstić information content (AvgIpc) is 2.80. The van der Waals surface area contributed by atoms with Gasteiger partial charge in [-0.3, -0.25) is 9.59 Å². The molecule has 0 aliphatic heterocycles. The van der Waals surface area contributed by atoms with Gasteiger partial charge >= 0.3 is 0 Å². The molecule has 160 valence electrons. The van der Waals surface area contributed by atoms with Crippen LogP contribution in [0.5, 0.6) is 5.75 Å². The smallest absolute Gasteiger partial charge is 0.255 e. The highest BCUT2D eigenvalue weighted by Crippen LogP contribution is 2.27. The van der Waals surface area contributed by atoms with Gasteiger partial charge in [0, 0.05) is 12.0 Å². The molecular weight excluding hydrogens is 388 g/mol. The summed E-state index contributed by atoms with van der Waals surface area (Å²) < 4.78 is 5.50. The van der Waals surface area contributed by atoms with Gasteiger partial charge in [0.15, 0.2) is 0 Å². The molecule has 3 aromatic carbocycles. The fourth-order valence-electron chi connectivity index (χ4n) is 3.67. The summed E-state index contributed by atoms with van der Waals surface area (Å²) in [6, 6.07) is 27.0. The van der Waals surface area contributed by atoms with Crippen LogP contribution >= 0.6 is 0 Å². The number of para-hydroxylation sites is 1. The Morgan fingerprint density at radius 3 is 1.97 bits per heavy atom. The standard InChI is InChI=1S/C26H28N2O3/c1-3-31-23-17-11-10-16-22(23)26(30)27-18-24(29)28-19(2)25(20-12-6-4-7-13-20)21-14-8-5-9-15-21/h4-17,19,25H,3,18H2,1-2H3,(H,27,30)(H,28,29). The molecule has 0 aliphatic rings. The van der Waals surface area contributed by atoms with E-state index in [2.05, 4.69) is 34.9 Å². The first-order chi connectivity index (χ1) is 15.1. The predicted octanol–water partition coefficient (Wildman–Crippen LogP) is 4.15. The highest BCUT2D eigenvalue weighted by Gasteiger charge is 2.23. The lowest BCUT2D eigenvalue weighted by Gasteiger charge is -2.26.